The van der Waals surface area contributed by atoms with Crippen LogP contribution in [0.2, 0.25) is 0 Å². The number of rotatable bonds is 5. The van der Waals surface area contributed by atoms with Crippen LogP contribution in [-0.2, 0) is 0 Å². The summed E-state index contributed by atoms with van der Waals surface area (Å²) in [7, 11) is 0. The van der Waals surface area contributed by atoms with E-state index in [-0.39, 0.29) is 5.60 Å². The SMILES string of the molecule is CCCCC1(O)CCC(CCC)CC1. The van der Waals surface area contributed by atoms with Gasteiger partial charge in [0.05, 0.1) is 5.60 Å². The third-order valence-corrected chi connectivity index (χ3v) is 3.73. The van der Waals surface area contributed by atoms with Crippen LogP contribution in [0.25, 0.3) is 0 Å². The van der Waals surface area contributed by atoms with Gasteiger partial charge < -0.3 is 5.11 Å². The van der Waals surface area contributed by atoms with Crippen molar-refractivity contribution in [3.8, 4) is 0 Å². The molecule has 1 aliphatic rings. The molecule has 0 aromatic rings. The van der Waals surface area contributed by atoms with E-state index in [0.29, 0.717) is 0 Å². The molecule has 0 bridgehead atoms. The van der Waals surface area contributed by atoms with Gasteiger partial charge in [-0.3, -0.25) is 0 Å². The van der Waals surface area contributed by atoms with Gasteiger partial charge in [-0.15, -0.1) is 0 Å². The molecule has 1 fully saturated rings. The zero-order chi connectivity index (χ0) is 10.4. The first-order chi connectivity index (χ1) is 6.70. The lowest BCUT2D eigenvalue weighted by atomic mass is 9.75. The predicted molar refractivity (Wildman–Crippen MR) is 61.3 cm³/mol. The van der Waals surface area contributed by atoms with Gasteiger partial charge in [-0.05, 0) is 38.0 Å². The normalized spacial score (nSPS) is 33.2. The summed E-state index contributed by atoms with van der Waals surface area (Å²) in [5.74, 6) is 0.905. The fourth-order valence-corrected chi connectivity index (χ4v) is 2.67. The average Bonchev–Trinajstić information content (AvgIpc) is 2.20. The molecule has 1 nitrogen and oxygen atoms in total. The summed E-state index contributed by atoms with van der Waals surface area (Å²) in [5.41, 5.74) is -0.291. The number of hydrogen-bond donors (Lipinski definition) is 1. The molecule has 0 aromatic carbocycles. The van der Waals surface area contributed by atoms with Crippen LogP contribution in [-0.4, -0.2) is 10.7 Å². The highest BCUT2D eigenvalue weighted by molar-refractivity contribution is 4.85. The Labute approximate surface area is 88.9 Å². The van der Waals surface area contributed by atoms with Gasteiger partial charge in [0, 0.05) is 0 Å². The lowest BCUT2D eigenvalue weighted by Gasteiger charge is -2.36. The Morgan fingerprint density at radius 3 is 2.29 bits per heavy atom. The van der Waals surface area contributed by atoms with Crippen molar-refractivity contribution in [2.24, 2.45) is 5.92 Å². The predicted octanol–water partition coefficient (Wildman–Crippen LogP) is 3.90. The summed E-state index contributed by atoms with van der Waals surface area (Å²) in [4.78, 5) is 0. The lowest BCUT2D eigenvalue weighted by Crippen LogP contribution is -2.33. The largest absolute Gasteiger partial charge is 0.390 e. The van der Waals surface area contributed by atoms with Crippen LogP contribution in [0.3, 0.4) is 0 Å². The Morgan fingerprint density at radius 1 is 1.14 bits per heavy atom. The van der Waals surface area contributed by atoms with E-state index in [2.05, 4.69) is 13.8 Å². The molecule has 1 rings (SSSR count). The zero-order valence-corrected chi connectivity index (χ0v) is 9.89. The average molecular weight is 198 g/mol. The van der Waals surface area contributed by atoms with Crippen molar-refractivity contribution in [2.45, 2.75) is 77.2 Å². The molecule has 0 amide bonds. The van der Waals surface area contributed by atoms with Crippen LogP contribution >= 0.6 is 0 Å². The van der Waals surface area contributed by atoms with Crippen molar-refractivity contribution in [3.63, 3.8) is 0 Å². The third-order valence-electron chi connectivity index (χ3n) is 3.73. The van der Waals surface area contributed by atoms with Crippen molar-refractivity contribution in [2.75, 3.05) is 0 Å². The molecule has 0 radical (unpaired) electrons. The molecule has 1 aliphatic carbocycles. The molecule has 14 heavy (non-hydrogen) atoms. The van der Waals surface area contributed by atoms with Gasteiger partial charge >= 0.3 is 0 Å². The molecule has 1 heteroatoms. The minimum absolute atomic E-state index is 0.291. The van der Waals surface area contributed by atoms with Crippen LogP contribution in [0.15, 0.2) is 0 Å². The summed E-state index contributed by atoms with van der Waals surface area (Å²) in [6.45, 7) is 4.46. The minimum Gasteiger partial charge on any atom is -0.390 e. The Morgan fingerprint density at radius 2 is 1.79 bits per heavy atom. The van der Waals surface area contributed by atoms with Gasteiger partial charge in [0.25, 0.3) is 0 Å². The molecule has 0 spiro atoms. The summed E-state index contributed by atoms with van der Waals surface area (Å²) >= 11 is 0. The van der Waals surface area contributed by atoms with Crippen LogP contribution in [0.5, 0.6) is 0 Å². The second-order valence-electron chi connectivity index (χ2n) is 5.06. The maximum atomic E-state index is 10.3. The summed E-state index contributed by atoms with van der Waals surface area (Å²) in [6.07, 6.45) is 10.7. The van der Waals surface area contributed by atoms with E-state index in [1.54, 1.807) is 0 Å². The Hall–Kier alpha value is -0.0400. The van der Waals surface area contributed by atoms with Gasteiger partial charge in [-0.25, -0.2) is 0 Å². The Bertz CT molecular complexity index is 145. The van der Waals surface area contributed by atoms with Crippen molar-refractivity contribution in [1.82, 2.24) is 0 Å². The molecule has 0 heterocycles. The first-order valence-electron chi connectivity index (χ1n) is 6.42. The van der Waals surface area contributed by atoms with E-state index in [1.807, 2.05) is 0 Å². The molecular formula is C13H26O. The molecular weight excluding hydrogens is 172 g/mol. The highest BCUT2D eigenvalue weighted by Gasteiger charge is 2.31. The fourth-order valence-electron chi connectivity index (χ4n) is 2.67. The van der Waals surface area contributed by atoms with E-state index >= 15 is 0 Å². The highest BCUT2D eigenvalue weighted by Crippen LogP contribution is 2.37. The summed E-state index contributed by atoms with van der Waals surface area (Å²) in [5, 5.41) is 10.3. The maximum Gasteiger partial charge on any atom is 0.0648 e. The number of aliphatic hydroxyl groups is 1. The first-order valence-corrected chi connectivity index (χ1v) is 6.42. The lowest BCUT2D eigenvalue weighted by molar-refractivity contribution is -0.0191. The molecule has 0 aliphatic heterocycles. The smallest absolute Gasteiger partial charge is 0.0648 e. The van der Waals surface area contributed by atoms with E-state index in [9.17, 15) is 5.11 Å². The van der Waals surface area contributed by atoms with E-state index in [1.165, 1.54) is 38.5 Å². The minimum atomic E-state index is -0.291. The van der Waals surface area contributed by atoms with E-state index in [0.717, 1.165) is 25.2 Å². The van der Waals surface area contributed by atoms with Gasteiger partial charge in [0.2, 0.25) is 0 Å². The Balaban J connectivity index is 2.25. The Kier molecular flexibility index (Phi) is 4.94. The highest BCUT2D eigenvalue weighted by atomic mass is 16.3. The van der Waals surface area contributed by atoms with Gasteiger partial charge in [-0.2, -0.15) is 0 Å². The van der Waals surface area contributed by atoms with Crippen LogP contribution in [0, 0.1) is 5.92 Å². The second-order valence-corrected chi connectivity index (χ2v) is 5.06. The van der Waals surface area contributed by atoms with Crippen molar-refractivity contribution in [3.05, 3.63) is 0 Å². The molecule has 1 saturated carbocycles. The molecule has 0 saturated heterocycles. The topological polar surface area (TPSA) is 20.2 Å². The van der Waals surface area contributed by atoms with Gasteiger partial charge in [-0.1, -0.05) is 39.5 Å². The maximum absolute atomic E-state index is 10.3. The molecule has 0 aromatic heterocycles. The van der Waals surface area contributed by atoms with Crippen LogP contribution in [0.1, 0.15) is 71.6 Å². The van der Waals surface area contributed by atoms with Crippen molar-refractivity contribution >= 4 is 0 Å². The molecule has 0 unspecified atom stereocenters. The number of hydrogen-bond acceptors (Lipinski definition) is 1. The van der Waals surface area contributed by atoms with E-state index in [4.69, 9.17) is 0 Å². The monoisotopic (exact) mass is 198 g/mol. The second kappa shape index (κ2) is 5.75. The van der Waals surface area contributed by atoms with Crippen LogP contribution < -0.4 is 0 Å². The standard InChI is InChI=1S/C13H26O/c1-3-5-9-13(14)10-7-12(6-4-2)8-11-13/h12,14H,3-11H2,1-2H3. The first kappa shape index (κ1) is 12.0. The zero-order valence-electron chi connectivity index (χ0n) is 9.89. The number of unbranched alkanes of at least 4 members (excludes halogenated alkanes) is 1. The molecule has 0 atom stereocenters. The van der Waals surface area contributed by atoms with Crippen molar-refractivity contribution < 1.29 is 5.11 Å². The van der Waals surface area contributed by atoms with E-state index < -0.39 is 0 Å². The third kappa shape index (κ3) is 3.61. The molecule has 1 N–H and O–H groups in total. The summed E-state index contributed by atoms with van der Waals surface area (Å²) in [6, 6.07) is 0. The van der Waals surface area contributed by atoms with Crippen LogP contribution in [0.4, 0.5) is 0 Å². The summed E-state index contributed by atoms with van der Waals surface area (Å²) < 4.78 is 0. The van der Waals surface area contributed by atoms with Gasteiger partial charge in [0.15, 0.2) is 0 Å². The van der Waals surface area contributed by atoms with Crippen molar-refractivity contribution in [1.29, 1.82) is 0 Å². The molecule has 84 valence electrons. The van der Waals surface area contributed by atoms with Gasteiger partial charge in [0.1, 0.15) is 0 Å². The quantitative estimate of drug-likeness (QED) is 0.710. The fraction of sp³-hybridized carbons (Fsp3) is 1.00.